The van der Waals surface area contributed by atoms with Gasteiger partial charge in [0.1, 0.15) is 18.5 Å². The molecule has 1 saturated heterocycles. The topological polar surface area (TPSA) is 88.1 Å². The van der Waals surface area contributed by atoms with E-state index in [1.165, 1.54) is 17.0 Å². The molecule has 30 heavy (non-hydrogen) atoms. The number of alkyl carbamates (subject to hydrolysis) is 1. The summed E-state index contributed by atoms with van der Waals surface area (Å²) in [7, 11) is 0. The van der Waals surface area contributed by atoms with Gasteiger partial charge >= 0.3 is 12.5 Å². The Morgan fingerprint density at radius 1 is 1.10 bits per heavy atom. The third-order valence-electron chi connectivity index (χ3n) is 4.44. The van der Waals surface area contributed by atoms with Gasteiger partial charge in [-0.25, -0.2) is 4.79 Å². The first-order chi connectivity index (χ1) is 14.2. The number of aliphatic hydroxyl groups is 1. The maximum absolute atomic E-state index is 12.7. The molecule has 10 heteroatoms. The van der Waals surface area contributed by atoms with Crippen LogP contribution in [0.1, 0.15) is 22.3 Å². The lowest BCUT2D eigenvalue weighted by Gasteiger charge is -2.27. The Morgan fingerprint density at radius 2 is 1.77 bits per heavy atom. The molecule has 0 radical (unpaired) electrons. The quantitative estimate of drug-likeness (QED) is 0.771. The Morgan fingerprint density at radius 3 is 2.40 bits per heavy atom. The van der Waals surface area contributed by atoms with Crippen molar-refractivity contribution in [3.63, 3.8) is 0 Å². The summed E-state index contributed by atoms with van der Waals surface area (Å²) in [5.41, 5.74) is 0.858. The van der Waals surface area contributed by atoms with Crippen LogP contribution in [0.25, 0.3) is 0 Å². The van der Waals surface area contributed by atoms with E-state index < -0.39 is 36.4 Å². The Labute approximate surface area is 170 Å². The molecule has 160 valence electrons. The van der Waals surface area contributed by atoms with Gasteiger partial charge in [0, 0.05) is 12.1 Å². The highest BCUT2D eigenvalue weighted by Crippen LogP contribution is 2.24. The van der Waals surface area contributed by atoms with Gasteiger partial charge in [-0.05, 0) is 36.2 Å². The molecule has 7 nitrogen and oxygen atoms in total. The number of amides is 2. The normalized spacial score (nSPS) is 18.7. The second-order valence-corrected chi connectivity index (χ2v) is 6.58. The van der Waals surface area contributed by atoms with Crippen LogP contribution in [-0.4, -0.2) is 47.2 Å². The van der Waals surface area contributed by atoms with Crippen LogP contribution in [0.15, 0.2) is 54.6 Å². The molecule has 2 amide bonds. The number of rotatable bonds is 5. The Balaban J connectivity index is 1.61. The molecule has 2 aromatic carbocycles. The number of alkyl halides is 3. The molecule has 0 saturated carbocycles. The van der Waals surface area contributed by atoms with Crippen molar-refractivity contribution in [3.05, 3.63) is 65.7 Å². The lowest BCUT2D eigenvalue weighted by molar-refractivity contribution is -0.274. The Kier molecular flexibility index (Phi) is 6.46. The molecule has 0 aliphatic carbocycles. The second-order valence-electron chi connectivity index (χ2n) is 6.58. The summed E-state index contributed by atoms with van der Waals surface area (Å²) in [5.74, 6) is -1.02. The third-order valence-corrected chi connectivity index (χ3v) is 4.44. The monoisotopic (exact) mass is 424 g/mol. The van der Waals surface area contributed by atoms with Crippen molar-refractivity contribution in [1.29, 1.82) is 0 Å². The molecular weight excluding hydrogens is 405 g/mol. The number of nitrogens with zero attached hydrogens (tertiary/aromatic N) is 1. The third kappa shape index (κ3) is 5.63. The van der Waals surface area contributed by atoms with Crippen molar-refractivity contribution in [1.82, 2.24) is 10.2 Å². The minimum atomic E-state index is -4.83. The van der Waals surface area contributed by atoms with Gasteiger partial charge in [-0.3, -0.25) is 10.1 Å². The van der Waals surface area contributed by atoms with E-state index in [-0.39, 0.29) is 25.1 Å². The lowest BCUT2D eigenvalue weighted by atomic mass is 10.2. The number of hydrogen-bond donors (Lipinski definition) is 2. The van der Waals surface area contributed by atoms with Gasteiger partial charge in [0.15, 0.2) is 0 Å². The molecule has 3 rings (SSSR count). The number of halogens is 3. The summed E-state index contributed by atoms with van der Waals surface area (Å²) in [5, 5.41) is 12.6. The van der Waals surface area contributed by atoms with E-state index in [1.54, 1.807) is 24.3 Å². The number of carbonyl (C=O) groups is 2. The van der Waals surface area contributed by atoms with Crippen LogP contribution in [0, 0.1) is 0 Å². The van der Waals surface area contributed by atoms with E-state index in [4.69, 9.17) is 4.74 Å². The van der Waals surface area contributed by atoms with Crippen LogP contribution in [0.5, 0.6) is 5.75 Å². The number of hydrogen-bond acceptors (Lipinski definition) is 5. The summed E-state index contributed by atoms with van der Waals surface area (Å²) in [4.78, 5) is 26.0. The van der Waals surface area contributed by atoms with Gasteiger partial charge in [0.05, 0.1) is 6.10 Å². The molecule has 1 aliphatic heterocycles. The first-order valence-electron chi connectivity index (χ1n) is 9.05. The highest BCUT2D eigenvalue weighted by atomic mass is 19.4. The minimum absolute atomic E-state index is 0.0180. The fraction of sp³-hybridized carbons (Fsp3) is 0.300. The zero-order valence-electron chi connectivity index (χ0n) is 15.6. The minimum Gasteiger partial charge on any atom is -0.445 e. The van der Waals surface area contributed by atoms with Crippen LogP contribution in [0.3, 0.4) is 0 Å². The highest BCUT2D eigenvalue weighted by molar-refractivity contribution is 5.95. The van der Waals surface area contributed by atoms with Crippen LogP contribution in [0.4, 0.5) is 18.0 Å². The average Bonchev–Trinajstić information content (AvgIpc) is 3.06. The number of benzene rings is 2. The first kappa shape index (κ1) is 21.4. The lowest BCUT2D eigenvalue weighted by Crippen LogP contribution is -2.51. The highest BCUT2D eigenvalue weighted by Gasteiger charge is 2.38. The van der Waals surface area contributed by atoms with E-state index in [1.807, 2.05) is 6.07 Å². The second kappa shape index (κ2) is 9.04. The summed E-state index contributed by atoms with van der Waals surface area (Å²) in [6.07, 6.45) is -7.45. The van der Waals surface area contributed by atoms with Gasteiger partial charge in [-0.15, -0.1) is 13.2 Å². The van der Waals surface area contributed by atoms with Crippen molar-refractivity contribution in [2.45, 2.75) is 31.7 Å². The van der Waals surface area contributed by atoms with Crippen molar-refractivity contribution in [2.75, 3.05) is 6.54 Å². The van der Waals surface area contributed by atoms with Gasteiger partial charge in [0.2, 0.25) is 0 Å². The van der Waals surface area contributed by atoms with E-state index in [0.29, 0.717) is 0 Å². The molecule has 2 aromatic rings. The van der Waals surface area contributed by atoms with E-state index in [0.717, 1.165) is 17.7 Å². The largest absolute Gasteiger partial charge is 0.573 e. The average molecular weight is 424 g/mol. The van der Waals surface area contributed by atoms with Crippen LogP contribution in [-0.2, 0) is 11.3 Å². The number of likely N-dealkylation sites (tertiary alicyclic amines) is 1. The number of nitrogens with one attached hydrogen (secondary N) is 1. The van der Waals surface area contributed by atoms with Gasteiger partial charge in [-0.1, -0.05) is 30.3 Å². The summed E-state index contributed by atoms with van der Waals surface area (Å²) >= 11 is 0. The smallest absolute Gasteiger partial charge is 0.445 e. The molecule has 0 unspecified atom stereocenters. The molecule has 0 aromatic heterocycles. The predicted octanol–water partition coefficient (Wildman–Crippen LogP) is 3.04. The van der Waals surface area contributed by atoms with E-state index in [2.05, 4.69) is 10.1 Å². The van der Waals surface area contributed by atoms with Crippen LogP contribution < -0.4 is 10.1 Å². The maximum Gasteiger partial charge on any atom is 0.573 e. The van der Waals surface area contributed by atoms with Crippen molar-refractivity contribution < 1.29 is 37.3 Å². The Hall–Kier alpha value is -3.27. The summed E-state index contributed by atoms with van der Waals surface area (Å²) < 4.78 is 45.7. The zero-order valence-corrected chi connectivity index (χ0v) is 15.6. The molecule has 1 heterocycles. The van der Waals surface area contributed by atoms with Gasteiger partial charge in [0.25, 0.3) is 5.91 Å². The van der Waals surface area contributed by atoms with Crippen LogP contribution >= 0.6 is 0 Å². The Bertz CT molecular complexity index is 874. The molecule has 2 atom stereocenters. The van der Waals surface area contributed by atoms with Crippen molar-refractivity contribution in [2.24, 2.45) is 0 Å². The first-order valence-corrected chi connectivity index (χ1v) is 9.05. The van der Waals surface area contributed by atoms with Gasteiger partial charge in [-0.2, -0.15) is 0 Å². The van der Waals surface area contributed by atoms with E-state index >= 15 is 0 Å². The van der Waals surface area contributed by atoms with Crippen molar-refractivity contribution >= 4 is 12.0 Å². The maximum atomic E-state index is 12.7. The zero-order chi connectivity index (χ0) is 21.7. The predicted molar refractivity (Wildman–Crippen MR) is 98.3 cm³/mol. The molecule has 0 bridgehead atoms. The SMILES string of the molecule is O=C(N[C@H]1[C@H](O)CCN1C(=O)c1ccc(OC(F)(F)F)cc1)OCc1ccccc1. The molecule has 1 aliphatic rings. The van der Waals surface area contributed by atoms with E-state index in [9.17, 15) is 27.9 Å². The fourth-order valence-corrected chi connectivity index (χ4v) is 3.03. The standard InChI is InChI=1S/C20H19F3N2O5/c21-20(22,23)30-15-8-6-14(7-9-15)18(27)25-11-10-16(26)17(25)24-19(28)29-12-13-4-2-1-3-5-13/h1-9,16-17,26H,10-12H2,(H,24,28)/t16-,17-/m1/s1. The van der Waals surface area contributed by atoms with Gasteiger partial charge < -0.3 is 19.5 Å². The fourth-order valence-electron chi connectivity index (χ4n) is 3.03. The molecule has 0 spiro atoms. The number of ether oxygens (including phenoxy) is 2. The number of carbonyl (C=O) groups excluding carboxylic acids is 2. The molecule has 2 N–H and O–H groups in total. The summed E-state index contributed by atoms with van der Waals surface area (Å²) in [6.45, 7) is 0.175. The number of aliphatic hydroxyl groups excluding tert-OH is 1. The summed E-state index contributed by atoms with van der Waals surface area (Å²) in [6, 6.07) is 13.4. The van der Waals surface area contributed by atoms with Crippen LogP contribution in [0.2, 0.25) is 0 Å². The van der Waals surface area contributed by atoms with Crippen molar-refractivity contribution in [3.8, 4) is 5.75 Å². The molecule has 1 fully saturated rings. The molecular formula is C20H19F3N2O5.